The molecule has 0 fully saturated rings. The van der Waals surface area contributed by atoms with Crippen LogP contribution in [0.25, 0.3) is 11.0 Å². The van der Waals surface area contributed by atoms with Crippen LogP contribution >= 0.6 is 12.2 Å². The number of nitrogens with two attached hydrogens (primary N) is 1. The van der Waals surface area contributed by atoms with Crippen LogP contribution < -0.4 is 5.73 Å². The summed E-state index contributed by atoms with van der Waals surface area (Å²) in [4.78, 5) is 0.512. The van der Waals surface area contributed by atoms with E-state index in [0.717, 1.165) is 11.0 Å². The van der Waals surface area contributed by atoms with Gasteiger partial charge in [-0.05, 0) is 37.1 Å². The highest BCUT2D eigenvalue weighted by Gasteiger charge is 2.11. The quantitative estimate of drug-likeness (QED) is 0.844. The van der Waals surface area contributed by atoms with Gasteiger partial charge in [0, 0.05) is 5.92 Å². The summed E-state index contributed by atoms with van der Waals surface area (Å²) < 4.78 is 1.87. The van der Waals surface area contributed by atoms with Crippen LogP contribution in [0.4, 0.5) is 0 Å². The summed E-state index contributed by atoms with van der Waals surface area (Å²) in [5.41, 5.74) is 10.0. The van der Waals surface area contributed by atoms with Gasteiger partial charge < -0.3 is 5.73 Å². The van der Waals surface area contributed by atoms with Crippen LogP contribution in [0, 0.1) is 19.8 Å². The van der Waals surface area contributed by atoms with Gasteiger partial charge in [-0.2, -0.15) is 0 Å². The second-order valence-corrected chi connectivity index (χ2v) is 4.97. The molecule has 2 N–H and O–H groups in total. The van der Waals surface area contributed by atoms with Crippen molar-refractivity contribution in [3.8, 4) is 0 Å². The molecule has 1 aromatic heterocycles. The highest BCUT2D eigenvalue weighted by Crippen LogP contribution is 2.18. The highest BCUT2D eigenvalue weighted by atomic mass is 32.1. The van der Waals surface area contributed by atoms with Gasteiger partial charge in [0.25, 0.3) is 0 Å². The normalized spacial score (nSPS) is 12.9. The molecule has 17 heavy (non-hydrogen) atoms. The molecule has 1 heterocycles. The zero-order valence-electron chi connectivity index (χ0n) is 10.3. The third kappa shape index (κ3) is 2.29. The summed E-state index contributed by atoms with van der Waals surface area (Å²) in [7, 11) is 0. The van der Waals surface area contributed by atoms with Crippen LogP contribution in [-0.4, -0.2) is 20.0 Å². The summed E-state index contributed by atoms with van der Waals surface area (Å²) in [6.07, 6.45) is 0. The first kappa shape index (κ1) is 12.0. The second-order valence-electron chi connectivity index (χ2n) is 4.50. The fourth-order valence-electron chi connectivity index (χ4n) is 1.71. The molecule has 0 saturated carbocycles. The number of hydrogen-bond donors (Lipinski definition) is 1. The lowest BCUT2D eigenvalue weighted by Gasteiger charge is -2.09. The molecular formula is C12H16N4S. The Bertz CT molecular complexity index is 573. The van der Waals surface area contributed by atoms with Crippen LogP contribution in [0.5, 0.6) is 0 Å². The summed E-state index contributed by atoms with van der Waals surface area (Å²) in [6.45, 7) is 6.83. The van der Waals surface area contributed by atoms with E-state index in [1.165, 1.54) is 11.1 Å². The van der Waals surface area contributed by atoms with Gasteiger partial charge in [0.15, 0.2) is 0 Å². The fourth-order valence-corrected chi connectivity index (χ4v) is 1.78. The minimum absolute atomic E-state index is 0.122. The fraction of sp³-hybridized carbons (Fsp3) is 0.417. The van der Waals surface area contributed by atoms with E-state index in [0.29, 0.717) is 11.5 Å². The van der Waals surface area contributed by atoms with E-state index in [1.807, 2.05) is 11.6 Å². The topological polar surface area (TPSA) is 56.7 Å². The molecule has 0 aliphatic heterocycles. The largest absolute Gasteiger partial charge is 0.393 e. The molecule has 0 radical (unpaired) electrons. The van der Waals surface area contributed by atoms with Gasteiger partial charge in [-0.15, -0.1) is 5.10 Å². The van der Waals surface area contributed by atoms with Crippen LogP contribution in [0.3, 0.4) is 0 Å². The van der Waals surface area contributed by atoms with Crippen molar-refractivity contribution in [2.45, 2.75) is 27.3 Å². The lowest BCUT2D eigenvalue weighted by molar-refractivity contribution is 0.540. The first-order chi connectivity index (χ1) is 7.99. The van der Waals surface area contributed by atoms with Crippen molar-refractivity contribution in [1.29, 1.82) is 0 Å². The molecule has 0 saturated heterocycles. The maximum absolute atomic E-state index is 5.62. The number of benzene rings is 1. The molecule has 5 heteroatoms. The van der Waals surface area contributed by atoms with Crippen LogP contribution in [-0.2, 0) is 6.54 Å². The monoisotopic (exact) mass is 248 g/mol. The van der Waals surface area contributed by atoms with Crippen molar-refractivity contribution < 1.29 is 0 Å². The predicted octanol–water partition coefficient (Wildman–Crippen LogP) is 1.97. The zero-order chi connectivity index (χ0) is 12.6. The molecular weight excluding hydrogens is 232 g/mol. The van der Waals surface area contributed by atoms with E-state index in [9.17, 15) is 0 Å². The Hall–Kier alpha value is -1.49. The zero-order valence-corrected chi connectivity index (χ0v) is 11.1. The highest BCUT2D eigenvalue weighted by molar-refractivity contribution is 7.80. The summed E-state index contributed by atoms with van der Waals surface area (Å²) in [5, 5.41) is 8.31. The average molecular weight is 248 g/mol. The second kappa shape index (κ2) is 4.41. The minimum Gasteiger partial charge on any atom is -0.393 e. The molecule has 2 rings (SSSR count). The van der Waals surface area contributed by atoms with Crippen LogP contribution in [0.1, 0.15) is 18.1 Å². The molecule has 90 valence electrons. The SMILES string of the molecule is Cc1cc2nnn(CC(C)C(N)=S)c2cc1C. The van der Waals surface area contributed by atoms with Crippen molar-refractivity contribution >= 4 is 28.2 Å². The third-order valence-electron chi connectivity index (χ3n) is 3.06. The smallest absolute Gasteiger partial charge is 0.113 e. The molecule has 4 nitrogen and oxygen atoms in total. The first-order valence-electron chi connectivity index (χ1n) is 5.59. The number of thiocarbonyl (C=S) groups is 1. The van der Waals surface area contributed by atoms with Gasteiger partial charge in [-0.25, -0.2) is 4.68 Å². The Balaban J connectivity index is 2.42. The number of rotatable bonds is 3. The lowest BCUT2D eigenvalue weighted by Crippen LogP contribution is -2.23. The van der Waals surface area contributed by atoms with Crippen molar-refractivity contribution in [1.82, 2.24) is 15.0 Å². The van der Waals surface area contributed by atoms with E-state index in [-0.39, 0.29) is 5.92 Å². The van der Waals surface area contributed by atoms with E-state index in [4.69, 9.17) is 18.0 Å². The molecule has 0 bridgehead atoms. The molecule has 1 unspecified atom stereocenters. The van der Waals surface area contributed by atoms with Gasteiger partial charge in [0.05, 0.1) is 17.0 Å². The molecule has 0 amide bonds. The van der Waals surface area contributed by atoms with E-state index in [2.05, 4.69) is 36.3 Å². The van der Waals surface area contributed by atoms with Crippen LogP contribution in [0.15, 0.2) is 12.1 Å². The van der Waals surface area contributed by atoms with Crippen molar-refractivity contribution in [3.05, 3.63) is 23.3 Å². The molecule has 2 aromatic rings. The van der Waals surface area contributed by atoms with Crippen molar-refractivity contribution in [2.75, 3.05) is 0 Å². The van der Waals surface area contributed by atoms with Gasteiger partial charge in [-0.3, -0.25) is 0 Å². The van der Waals surface area contributed by atoms with Crippen molar-refractivity contribution in [3.63, 3.8) is 0 Å². The standard InChI is InChI=1S/C12H16N4S/c1-7-4-10-11(5-8(7)2)16(15-14-10)6-9(3)12(13)17/h4-5,9H,6H2,1-3H3,(H2,13,17). The molecule has 1 atom stereocenters. The van der Waals surface area contributed by atoms with E-state index in [1.54, 1.807) is 0 Å². The number of aromatic nitrogens is 3. The van der Waals surface area contributed by atoms with Gasteiger partial charge in [-0.1, -0.05) is 24.4 Å². The molecule has 0 aliphatic rings. The number of nitrogens with zero attached hydrogens (tertiary/aromatic N) is 3. The molecule has 0 aliphatic carbocycles. The first-order valence-corrected chi connectivity index (χ1v) is 5.99. The number of fused-ring (bicyclic) bond motifs is 1. The predicted molar refractivity (Wildman–Crippen MR) is 73.0 cm³/mol. The number of hydrogen-bond acceptors (Lipinski definition) is 3. The average Bonchev–Trinajstić information content (AvgIpc) is 2.62. The lowest BCUT2D eigenvalue weighted by atomic mass is 10.1. The van der Waals surface area contributed by atoms with E-state index < -0.39 is 0 Å². The summed E-state index contributed by atoms with van der Waals surface area (Å²) in [6, 6.07) is 4.16. The van der Waals surface area contributed by atoms with Crippen LogP contribution in [0.2, 0.25) is 0 Å². The third-order valence-corrected chi connectivity index (χ3v) is 3.46. The Morgan fingerprint density at radius 3 is 2.71 bits per heavy atom. The Labute approximate surface area is 106 Å². The Kier molecular flexibility index (Phi) is 3.11. The molecule has 0 spiro atoms. The van der Waals surface area contributed by atoms with Gasteiger partial charge >= 0.3 is 0 Å². The summed E-state index contributed by atoms with van der Waals surface area (Å²) >= 11 is 4.98. The van der Waals surface area contributed by atoms with Gasteiger partial charge in [0.1, 0.15) is 5.52 Å². The summed E-state index contributed by atoms with van der Waals surface area (Å²) in [5.74, 6) is 0.122. The number of aryl methyl sites for hydroxylation is 2. The maximum atomic E-state index is 5.62. The Morgan fingerprint density at radius 1 is 1.41 bits per heavy atom. The molecule has 1 aromatic carbocycles. The van der Waals surface area contributed by atoms with Crippen molar-refractivity contribution in [2.24, 2.45) is 11.7 Å². The maximum Gasteiger partial charge on any atom is 0.113 e. The van der Waals surface area contributed by atoms with E-state index >= 15 is 0 Å². The minimum atomic E-state index is 0.122. The Morgan fingerprint density at radius 2 is 2.06 bits per heavy atom. The van der Waals surface area contributed by atoms with Gasteiger partial charge in [0.2, 0.25) is 0 Å².